The van der Waals surface area contributed by atoms with E-state index in [-0.39, 0.29) is 22.7 Å². The lowest BCUT2D eigenvalue weighted by molar-refractivity contribution is -0.384. The van der Waals surface area contributed by atoms with Crippen molar-refractivity contribution in [2.24, 2.45) is 0 Å². The van der Waals surface area contributed by atoms with Crippen LogP contribution in [0, 0.1) is 17.2 Å². The van der Waals surface area contributed by atoms with Crippen molar-refractivity contribution < 1.29 is 19.2 Å². The van der Waals surface area contributed by atoms with Gasteiger partial charge < -0.3 is 14.8 Å². The van der Waals surface area contributed by atoms with Gasteiger partial charge in [-0.1, -0.05) is 0 Å². The number of hydrogen-bond donors (Lipinski definition) is 1. The van der Waals surface area contributed by atoms with Crippen molar-refractivity contribution in [2.45, 2.75) is 0 Å². The van der Waals surface area contributed by atoms with Gasteiger partial charge in [-0.25, -0.2) is 4.79 Å². The van der Waals surface area contributed by atoms with Gasteiger partial charge in [0.25, 0.3) is 5.69 Å². The second-order valence-electron chi connectivity index (χ2n) is 3.00. The first-order valence-corrected chi connectivity index (χ1v) is 4.53. The summed E-state index contributed by atoms with van der Waals surface area (Å²) in [6, 6.07) is 2.44. The third kappa shape index (κ3) is 2.44. The van der Waals surface area contributed by atoms with Gasteiger partial charge in [0.15, 0.2) is 5.69 Å². The minimum atomic E-state index is -0.679. The average Bonchev–Trinajstić information content (AvgIpc) is 2.35. The molecule has 0 saturated carbocycles. The average molecular weight is 239 g/mol. The van der Waals surface area contributed by atoms with Gasteiger partial charge in [0, 0.05) is 13.1 Å². The number of nitro groups is 1. The molecule has 0 spiro atoms. The van der Waals surface area contributed by atoms with E-state index >= 15 is 0 Å². The van der Waals surface area contributed by atoms with Crippen LogP contribution in [-0.2, 0) is 4.74 Å². The van der Waals surface area contributed by atoms with Crippen LogP contribution in [0.15, 0.2) is 12.1 Å². The number of benzene rings is 1. The minimum absolute atomic E-state index is 0.0371. The first-order chi connectivity index (χ1) is 8.04. The number of ether oxygens (including phenoxy) is 2. The molecule has 7 heteroatoms. The third-order valence-corrected chi connectivity index (χ3v) is 2.10. The van der Waals surface area contributed by atoms with Crippen LogP contribution < -0.4 is 10.1 Å². The Morgan fingerprint density at radius 3 is 2.53 bits per heavy atom. The number of carbonyl (C=O) groups excluding carboxylic acids is 1. The SMILES string of the molecule is [CH2]Nc1c(OC)cc(C(=O)OC)cc1[N+](=O)[O-]. The Bertz CT molecular complexity index is 458. The van der Waals surface area contributed by atoms with Gasteiger partial charge in [0.05, 0.1) is 24.7 Å². The van der Waals surface area contributed by atoms with Crippen LogP contribution in [0.3, 0.4) is 0 Å². The van der Waals surface area contributed by atoms with E-state index in [9.17, 15) is 14.9 Å². The summed E-state index contributed by atoms with van der Waals surface area (Å²) in [6.07, 6.45) is 0. The molecule has 1 radical (unpaired) electrons. The van der Waals surface area contributed by atoms with Crippen molar-refractivity contribution in [2.75, 3.05) is 19.5 Å². The van der Waals surface area contributed by atoms with E-state index in [1.807, 2.05) is 0 Å². The Balaban J connectivity index is 3.45. The van der Waals surface area contributed by atoms with E-state index in [4.69, 9.17) is 4.74 Å². The zero-order chi connectivity index (χ0) is 13.0. The molecule has 1 aromatic carbocycles. The molecule has 1 aromatic rings. The molecule has 1 N–H and O–H groups in total. The number of nitro benzene ring substituents is 1. The molecule has 0 aromatic heterocycles. The number of rotatable bonds is 4. The summed E-state index contributed by atoms with van der Waals surface area (Å²) in [5.41, 5.74) is -0.167. The number of hydrogen-bond acceptors (Lipinski definition) is 6. The monoisotopic (exact) mass is 239 g/mol. The molecule has 0 fully saturated rings. The highest BCUT2D eigenvalue weighted by atomic mass is 16.6. The van der Waals surface area contributed by atoms with Gasteiger partial charge in [-0.05, 0) is 6.07 Å². The van der Waals surface area contributed by atoms with Crippen LogP contribution in [0.1, 0.15) is 10.4 Å². The molecule has 0 aliphatic heterocycles. The molecule has 7 nitrogen and oxygen atoms in total. The summed E-state index contributed by atoms with van der Waals surface area (Å²) in [6.45, 7) is 0. The van der Waals surface area contributed by atoms with Gasteiger partial charge in [-0.3, -0.25) is 10.1 Å². The number of methoxy groups -OCH3 is 2. The predicted octanol–water partition coefficient (Wildman–Crippen LogP) is 1.59. The van der Waals surface area contributed by atoms with Gasteiger partial charge >= 0.3 is 5.97 Å². The molecular weight excluding hydrogens is 228 g/mol. The van der Waals surface area contributed by atoms with Gasteiger partial charge in [0.1, 0.15) is 5.75 Å². The van der Waals surface area contributed by atoms with E-state index in [1.165, 1.54) is 20.3 Å². The summed E-state index contributed by atoms with van der Waals surface area (Å²) < 4.78 is 9.44. The van der Waals surface area contributed by atoms with Crippen LogP contribution in [-0.4, -0.2) is 25.1 Å². The quantitative estimate of drug-likeness (QED) is 0.487. The Morgan fingerprint density at radius 1 is 1.47 bits per heavy atom. The normalized spacial score (nSPS) is 9.59. The second-order valence-corrected chi connectivity index (χ2v) is 3.00. The fraction of sp³-hybridized carbons (Fsp3) is 0.200. The highest BCUT2D eigenvalue weighted by molar-refractivity contribution is 5.92. The Kier molecular flexibility index (Phi) is 3.86. The number of nitrogens with one attached hydrogen (secondary N) is 1. The fourth-order valence-corrected chi connectivity index (χ4v) is 1.32. The van der Waals surface area contributed by atoms with E-state index in [2.05, 4.69) is 17.1 Å². The molecule has 91 valence electrons. The molecule has 0 aliphatic rings. The van der Waals surface area contributed by atoms with E-state index in [1.54, 1.807) is 0 Å². The van der Waals surface area contributed by atoms with E-state index in [0.717, 1.165) is 6.07 Å². The summed E-state index contributed by atoms with van der Waals surface area (Å²) >= 11 is 0. The number of anilines is 1. The predicted molar refractivity (Wildman–Crippen MR) is 60.0 cm³/mol. The summed E-state index contributed by atoms with van der Waals surface area (Å²) in [7, 11) is 5.87. The molecule has 1 rings (SSSR count). The molecule has 0 aliphatic carbocycles. The highest BCUT2D eigenvalue weighted by Gasteiger charge is 2.22. The number of carbonyl (C=O) groups is 1. The second kappa shape index (κ2) is 5.15. The van der Waals surface area contributed by atoms with Crippen molar-refractivity contribution in [3.8, 4) is 5.75 Å². The lowest BCUT2D eigenvalue weighted by Crippen LogP contribution is -2.05. The molecule has 0 heterocycles. The minimum Gasteiger partial charge on any atom is -0.494 e. The van der Waals surface area contributed by atoms with Gasteiger partial charge in [0.2, 0.25) is 0 Å². The van der Waals surface area contributed by atoms with E-state index < -0.39 is 10.9 Å². The van der Waals surface area contributed by atoms with Crippen LogP contribution in [0.4, 0.5) is 11.4 Å². The van der Waals surface area contributed by atoms with E-state index in [0.29, 0.717) is 0 Å². The lowest BCUT2D eigenvalue weighted by atomic mass is 10.1. The van der Waals surface area contributed by atoms with Gasteiger partial charge in [-0.2, -0.15) is 0 Å². The highest BCUT2D eigenvalue weighted by Crippen LogP contribution is 2.35. The molecule has 0 atom stereocenters. The van der Waals surface area contributed by atoms with Gasteiger partial charge in [-0.15, -0.1) is 0 Å². The molecular formula is C10H11N2O5. The van der Waals surface area contributed by atoms with Crippen molar-refractivity contribution in [3.63, 3.8) is 0 Å². The zero-order valence-corrected chi connectivity index (χ0v) is 9.35. The molecule has 0 amide bonds. The fourth-order valence-electron chi connectivity index (χ4n) is 1.32. The number of esters is 1. The Labute approximate surface area is 97.5 Å². The maximum Gasteiger partial charge on any atom is 0.338 e. The van der Waals surface area contributed by atoms with Crippen LogP contribution >= 0.6 is 0 Å². The summed E-state index contributed by atoms with van der Waals surface area (Å²) in [5.74, 6) is -0.531. The lowest BCUT2D eigenvalue weighted by Gasteiger charge is -2.09. The maximum atomic E-state index is 11.3. The Hall–Kier alpha value is -2.31. The smallest absolute Gasteiger partial charge is 0.338 e. The number of nitrogens with zero attached hydrogens (tertiary/aromatic N) is 1. The first-order valence-electron chi connectivity index (χ1n) is 4.53. The zero-order valence-electron chi connectivity index (χ0n) is 9.35. The van der Waals surface area contributed by atoms with Crippen LogP contribution in [0.5, 0.6) is 5.75 Å². The maximum absolute atomic E-state index is 11.3. The Morgan fingerprint density at radius 2 is 2.12 bits per heavy atom. The summed E-state index contributed by atoms with van der Waals surface area (Å²) in [4.78, 5) is 21.5. The molecule has 0 unspecified atom stereocenters. The third-order valence-electron chi connectivity index (χ3n) is 2.10. The van der Waals surface area contributed by atoms with Crippen molar-refractivity contribution in [1.82, 2.24) is 0 Å². The largest absolute Gasteiger partial charge is 0.494 e. The molecule has 0 bridgehead atoms. The van der Waals surface area contributed by atoms with Crippen molar-refractivity contribution in [1.29, 1.82) is 0 Å². The first kappa shape index (κ1) is 12.8. The van der Waals surface area contributed by atoms with Crippen molar-refractivity contribution >= 4 is 17.3 Å². The molecule has 17 heavy (non-hydrogen) atoms. The standard InChI is InChI=1S/C10H11N2O5/c1-11-9-7(12(14)15)4-6(10(13)17-3)5-8(9)16-2/h4-5,11H,1H2,2-3H3. The summed E-state index contributed by atoms with van der Waals surface area (Å²) in [5, 5.41) is 13.3. The van der Waals surface area contributed by atoms with Crippen LogP contribution in [0.25, 0.3) is 0 Å². The van der Waals surface area contributed by atoms with Crippen molar-refractivity contribution in [3.05, 3.63) is 34.9 Å². The van der Waals surface area contributed by atoms with Crippen LogP contribution in [0.2, 0.25) is 0 Å². The topological polar surface area (TPSA) is 90.7 Å². The molecule has 0 saturated heterocycles.